The van der Waals surface area contributed by atoms with Gasteiger partial charge in [-0.2, -0.15) is 0 Å². The monoisotopic (exact) mass is 280 g/mol. The van der Waals surface area contributed by atoms with Gasteiger partial charge in [-0.3, -0.25) is 0 Å². The van der Waals surface area contributed by atoms with Crippen LogP contribution in [0.3, 0.4) is 0 Å². The number of hydrogen-bond acceptors (Lipinski definition) is 4. The normalized spacial score (nSPS) is 10.2. The van der Waals surface area contributed by atoms with E-state index in [-0.39, 0.29) is 11.9 Å². The van der Waals surface area contributed by atoms with Crippen molar-refractivity contribution in [3.8, 4) is 0 Å². The van der Waals surface area contributed by atoms with Crippen molar-refractivity contribution in [1.29, 1.82) is 0 Å². The zero-order valence-electron chi connectivity index (χ0n) is 12.5. The Hall–Kier alpha value is -1.58. The number of carbonyl (C=O) groups excluding carboxylic acids is 2. The highest BCUT2D eigenvalue weighted by Crippen LogP contribution is 2.18. The van der Waals surface area contributed by atoms with E-state index in [0.717, 1.165) is 12.8 Å². The van der Waals surface area contributed by atoms with E-state index in [1.165, 1.54) is 5.92 Å². The number of rotatable bonds is 10. The highest BCUT2D eigenvalue weighted by atomic mass is 16.5. The highest BCUT2D eigenvalue weighted by Gasteiger charge is 2.12. The third kappa shape index (κ3) is 8.51. The SMILES string of the molecule is [CH2]CC[C](CCOC(=O)C(=C)C)CCOC(=O)C(=C)C. The van der Waals surface area contributed by atoms with Gasteiger partial charge in [-0.05, 0) is 39.0 Å². The van der Waals surface area contributed by atoms with Gasteiger partial charge in [-0.25, -0.2) is 9.59 Å². The van der Waals surface area contributed by atoms with Crippen LogP contribution in [0, 0.1) is 12.8 Å². The van der Waals surface area contributed by atoms with E-state index in [9.17, 15) is 9.59 Å². The third-order valence-electron chi connectivity index (χ3n) is 2.60. The van der Waals surface area contributed by atoms with Gasteiger partial charge >= 0.3 is 11.9 Å². The molecule has 2 radical (unpaired) electrons. The van der Waals surface area contributed by atoms with Gasteiger partial charge in [-0.15, -0.1) is 0 Å². The second-order valence-corrected chi connectivity index (χ2v) is 4.69. The van der Waals surface area contributed by atoms with E-state index < -0.39 is 0 Å². The predicted octanol–water partition coefficient (Wildman–Crippen LogP) is 3.19. The molecule has 4 nitrogen and oxygen atoms in total. The molecule has 0 aromatic carbocycles. The van der Waals surface area contributed by atoms with E-state index in [1.54, 1.807) is 13.8 Å². The van der Waals surface area contributed by atoms with Gasteiger partial charge in [0.05, 0.1) is 13.2 Å². The van der Waals surface area contributed by atoms with Crippen molar-refractivity contribution < 1.29 is 19.1 Å². The van der Waals surface area contributed by atoms with Crippen LogP contribution < -0.4 is 0 Å². The fourth-order valence-corrected chi connectivity index (χ4v) is 1.45. The maximum atomic E-state index is 11.2. The van der Waals surface area contributed by atoms with Gasteiger partial charge in [0.25, 0.3) is 0 Å². The van der Waals surface area contributed by atoms with E-state index >= 15 is 0 Å². The summed E-state index contributed by atoms with van der Waals surface area (Å²) < 4.78 is 10.1. The van der Waals surface area contributed by atoms with Gasteiger partial charge in [-0.1, -0.05) is 26.5 Å². The molecule has 0 saturated heterocycles. The van der Waals surface area contributed by atoms with Crippen LogP contribution in [0.5, 0.6) is 0 Å². The summed E-state index contributed by atoms with van der Waals surface area (Å²) in [5.41, 5.74) is 0.776. The van der Waals surface area contributed by atoms with Crippen LogP contribution >= 0.6 is 0 Å². The van der Waals surface area contributed by atoms with Crippen molar-refractivity contribution >= 4 is 11.9 Å². The lowest BCUT2D eigenvalue weighted by Crippen LogP contribution is -2.13. The Morgan fingerprint density at radius 2 is 1.25 bits per heavy atom. The van der Waals surface area contributed by atoms with Crippen LogP contribution in [0.1, 0.15) is 39.5 Å². The summed E-state index contributed by atoms with van der Waals surface area (Å²) in [5.74, 6) is 0.407. The highest BCUT2D eigenvalue weighted by molar-refractivity contribution is 5.87. The standard InChI is InChI=1S/C16H24O4/c1-6-7-14(8-10-19-15(17)12(2)3)9-11-20-16(18)13(4)5/h1-2,4,6-11H2,3,5H3. The minimum absolute atomic E-state index is 0.315. The van der Waals surface area contributed by atoms with Crippen LogP contribution in [0.25, 0.3) is 0 Å². The van der Waals surface area contributed by atoms with Crippen LogP contribution in [0.2, 0.25) is 0 Å². The van der Waals surface area contributed by atoms with Gasteiger partial charge in [0.2, 0.25) is 0 Å². The summed E-state index contributed by atoms with van der Waals surface area (Å²) in [7, 11) is 0. The first kappa shape index (κ1) is 18.4. The Labute approximate surface area is 121 Å². The van der Waals surface area contributed by atoms with Crippen molar-refractivity contribution in [2.75, 3.05) is 13.2 Å². The zero-order chi connectivity index (χ0) is 15.5. The molecule has 112 valence electrons. The minimum atomic E-state index is -0.382. The Morgan fingerprint density at radius 1 is 0.850 bits per heavy atom. The molecule has 0 amide bonds. The second kappa shape index (κ2) is 10.2. The molecule has 0 aliphatic heterocycles. The maximum absolute atomic E-state index is 11.2. The Bertz CT molecular complexity index is 325. The lowest BCUT2D eigenvalue weighted by molar-refractivity contribution is -0.139. The molecule has 0 fully saturated rings. The largest absolute Gasteiger partial charge is 0.462 e. The molecular weight excluding hydrogens is 256 g/mol. The predicted molar refractivity (Wildman–Crippen MR) is 78.6 cm³/mol. The number of hydrogen-bond donors (Lipinski definition) is 0. The molecule has 0 unspecified atom stereocenters. The van der Waals surface area contributed by atoms with Crippen molar-refractivity contribution in [1.82, 2.24) is 0 Å². The summed E-state index contributed by atoms with van der Waals surface area (Å²) in [6.45, 7) is 14.7. The molecule has 0 spiro atoms. The van der Waals surface area contributed by atoms with Crippen molar-refractivity contribution in [3.63, 3.8) is 0 Å². The molecule has 0 atom stereocenters. The van der Waals surface area contributed by atoms with Gasteiger partial charge in [0.1, 0.15) is 0 Å². The van der Waals surface area contributed by atoms with E-state index in [1.807, 2.05) is 0 Å². The Kier molecular flexibility index (Phi) is 9.43. The van der Waals surface area contributed by atoms with Crippen LogP contribution in [0.15, 0.2) is 24.3 Å². The maximum Gasteiger partial charge on any atom is 0.333 e. The molecule has 0 aromatic rings. The molecule has 0 N–H and O–H groups in total. The Morgan fingerprint density at radius 3 is 1.55 bits per heavy atom. The minimum Gasteiger partial charge on any atom is -0.462 e. The molecule has 0 aliphatic carbocycles. The van der Waals surface area contributed by atoms with Crippen molar-refractivity contribution in [2.45, 2.75) is 39.5 Å². The first-order valence-electron chi connectivity index (χ1n) is 6.66. The summed E-state index contributed by atoms with van der Waals surface area (Å²) >= 11 is 0. The molecule has 0 saturated carbocycles. The van der Waals surface area contributed by atoms with E-state index in [0.29, 0.717) is 37.2 Å². The van der Waals surface area contributed by atoms with Crippen LogP contribution in [0.4, 0.5) is 0 Å². The Balaban J connectivity index is 3.98. The molecule has 0 rings (SSSR count). The van der Waals surface area contributed by atoms with Crippen LogP contribution in [-0.2, 0) is 19.1 Å². The molecule has 20 heavy (non-hydrogen) atoms. The summed E-state index contributed by atoms with van der Waals surface area (Å²) in [6.07, 6.45) is 2.89. The quantitative estimate of drug-likeness (QED) is 0.455. The third-order valence-corrected chi connectivity index (χ3v) is 2.60. The summed E-state index contributed by atoms with van der Waals surface area (Å²) in [5, 5.41) is 0. The summed E-state index contributed by atoms with van der Waals surface area (Å²) in [6, 6.07) is 0. The lowest BCUT2D eigenvalue weighted by atomic mass is 9.97. The van der Waals surface area contributed by atoms with Gasteiger partial charge < -0.3 is 9.47 Å². The molecule has 0 bridgehead atoms. The number of ether oxygens (including phenoxy) is 2. The first-order valence-corrected chi connectivity index (χ1v) is 6.66. The topological polar surface area (TPSA) is 52.6 Å². The van der Waals surface area contributed by atoms with E-state index in [2.05, 4.69) is 20.1 Å². The van der Waals surface area contributed by atoms with Crippen molar-refractivity contribution in [2.24, 2.45) is 0 Å². The molecule has 0 heterocycles. The van der Waals surface area contributed by atoms with E-state index in [4.69, 9.17) is 9.47 Å². The number of carbonyl (C=O) groups is 2. The lowest BCUT2D eigenvalue weighted by Gasteiger charge is -2.15. The fraction of sp³-hybridized carbons (Fsp3) is 0.500. The summed E-state index contributed by atoms with van der Waals surface area (Å²) in [4.78, 5) is 22.5. The average molecular weight is 280 g/mol. The van der Waals surface area contributed by atoms with Crippen LogP contribution in [-0.4, -0.2) is 25.2 Å². The van der Waals surface area contributed by atoms with Gasteiger partial charge in [0.15, 0.2) is 0 Å². The molecular formula is C16H24O4. The number of esters is 2. The van der Waals surface area contributed by atoms with Crippen molar-refractivity contribution in [3.05, 3.63) is 37.1 Å². The van der Waals surface area contributed by atoms with Gasteiger partial charge in [0, 0.05) is 11.1 Å². The molecule has 0 aromatic heterocycles. The molecule has 4 heteroatoms. The first-order chi connectivity index (χ1) is 9.38. The fourth-order valence-electron chi connectivity index (χ4n) is 1.45. The zero-order valence-corrected chi connectivity index (χ0v) is 12.5. The second-order valence-electron chi connectivity index (χ2n) is 4.69. The smallest absolute Gasteiger partial charge is 0.333 e. The molecule has 0 aliphatic rings. The average Bonchev–Trinajstić information content (AvgIpc) is 2.37.